The van der Waals surface area contributed by atoms with Crippen molar-refractivity contribution in [2.75, 3.05) is 18.9 Å². The standard InChI is InChI=1S/C12H20N2O2/c1-12(2,3)16-7-6-15-9-11-8-10(13)4-5-14-11/h4-5,8H,6-7,9H2,1-3H3,(H2,13,14). The monoisotopic (exact) mass is 224 g/mol. The predicted octanol–water partition coefficient (Wildman–Crippen LogP) is 2.00. The van der Waals surface area contributed by atoms with Gasteiger partial charge in [-0.2, -0.15) is 0 Å². The summed E-state index contributed by atoms with van der Waals surface area (Å²) in [6.45, 7) is 7.68. The lowest BCUT2D eigenvalue weighted by Crippen LogP contribution is -2.21. The lowest BCUT2D eigenvalue weighted by atomic mass is 10.2. The first-order valence-electron chi connectivity index (χ1n) is 5.39. The van der Waals surface area contributed by atoms with Gasteiger partial charge in [0.2, 0.25) is 0 Å². The van der Waals surface area contributed by atoms with Crippen LogP contribution in [0.1, 0.15) is 26.5 Å². The van der Waals surface area contributed by atoms with Gasteiger partial charge in [0.25, 0.3) is 0 Å². The second-order valence-corrected chi connectivity index (χ2v) is 4.59. The molecule has 0 aliphatic rings. The van der Waals surface area contributed by atoms with Crippen LogP contribution in [0.25, 0.3) is 0 Å². The molecule has 0 bridgehead atoms. The Balaban J connectivity index is 2.17. The van der Waals surface area contributed by atoms with Gasteiger partial charge in [-0.3, -0.25) is 4.98 Å². The minimum atomic E-state index is -0.112. The van der Waals surface area contributed by atoms with Crippen LogP contribution in [0.3, 0.4) is 0 Å². The van der Waals surface area contributed by atoms with E-state index in [0.717, 1.165) is 5.69 Å². The highest BCUT2D eigenvalue weighted by Crippen LogP contribution is 2.07. The second kappa shape index (κ2) is 5.82. The molecule has 4 nitrogen and oxygen atoms in total. The summed E-state index contributed by atoms with van der Waals surface area (Å²) in [5, 5.41) is 0. The minimum absolute atomic E-state index is 0.112. The third-order valence-corrected chi connectivity index (χ3v) is 1.85. The number of aromatic nitrogens is 1. The molecule has 16 heavy (non-hydrogen) atoms. The summed E-state index contributed by atoms with van der Waals surface area (Å²) in [4.78, 5) is 4.14. The average Bonchev–Trinajstić information content (AvgIpc) is 2.15. The molecule has 0 aromatic carbocycles. The van der Waals surface area contributed by atoms with Crippen molar-refractivity contribution in [3.05, 3.63) is 24.0 Å². The highest BCUT2D eigenvalue weighted by molar-refractivity contribution is 5.36. The van der Waals surface area contributed by atoms with Crippen LogP contribution in [0.15, 0.2) is 18.3 Å². The fraction of sp³-hybridized carbons (Fsp3) is 0.583. The van der Waals surface area contributed by atoms with Crippen LogP contribution in [-0.4, -0.2) is 23.8 Å². The van der Waals surface area contributed by atoms with Crippen molar-refractivity contribution in [3.8, 4) is 0 Å². The Kier molecular flexibility index (Phi) is 4.71. The first-order valence-corrected chi connectivity index (χ1v) is 5.39. The molecule has 0 amide bonds. The Labute approximate surface area is 96.8 Å². The molecule has 1 aromatic rings. The molecule has 0 fully saturated rings. The Morgan fingerprint density at radius 3 is 2.69 bits per heavy atom. The van der Waals surface area contributed by atoms with Crippen LogP contribution in [0.4, 0.5) is 5.69 Å². The van der Waals surface area contributed by atoms with Gasteiger partial charge in [0.1, 0.15) is 0 Å². The molecule has 4 heteroatoms. The number of hydrogen-bond acceptors (Lipinski definition) is 4. The number of nitrogen functional groups attached to an aromatic ring is 1. The number of nitrogens with two attached hydrogens (primary N) is 1. The molecular formula is C12H20N2O2. The highest BCUT2D eigenvalue weighted by Gasteiger charge is 2.08. The van der Waals surface area contributed by atoms with Gasteiger partial charge in [-0.05, 0) is 32.9 Å². The van der Waals surface area contributed by atoms with Crippen LogP contribution in [0, 0.1) is 0 Å². The van der Waals surface area contributed by atoms with E-state index in [1.54, 1.807) is 12.3 Å². The molecule has 1 heterocycles. The quantitative estimate of drug-likeness (QED) is 0.777. The van der Waals surface area contributed by atoms with Gasteiger partial charge in [-0.15, -0.1) is 0 Å². The van der Waals surface area contributed by atoms with Crippen LogP contribution in [-0.2, 0) is 16.1 Å². The van der Waals surface area contributed by atoms with Crippen LogP contribution < -0.4 is 5.73 Å². The van der Waals surface area contributed by atoms with E-state index in [1.807, 2.05) is 26.8 Å². The average molecular weight is 224 g/mol. The first kappa shape index (κ1) is 12.9. The van der Waals surface area contributed by atoms with Crippen molar-refractivity contribution in [2.45, 2.75) is 33.0 Å². The number of hydrogen-bond donors (Lipinski definition) is 1. The fourth-order valence-electron chi connectivity index (χ4n) is 1.16. The smallest absolute Gasteiger partial charge is 0.0889 e. The summed E-state index contributed by atoms with van der Waals surface area (Å²) >= 11 is 0. The molecule has 2 N–H and O–H groups in total. The van der Waals surface area contributed by atoms with Gasteiger partial charge in [0, 0.05) is 11.9 Å². The maximum Gasteiger partial charge on any atom is 0.0889 e. The summed E-state index contributed by atoms with van der Waals surface area (Å²) in [6, 6.07) is 3.57. The Morgan fingerprint density at radius 2 is 2.06 bits per heavy atom. The SMILES string of the molecule is CC(C)(C)OCCOCc1cc(N)ccn1. The number of anilines is 1. The van der Waals surface area contributed by atoms with E-state index in [0.29, 0.717) is 25.5 Å². The van der Waals surface area contributed by atoms with Crippen molar-refractivity contribution in [1.82, 2.24) is 4.98 Å². The number of nitrogens with zero attached hydrogens (tertiary/aromatic N) is 1. The number of pyridine rings is 1. The van der Waals surface area contributed by atoms with Crippen molar-refractivity contribution in [2.24, 2.45) is 0 Å². The summed E-state index contributed by atoms with van der Waals surface area (Å²) in [7, 11) is 0. The van der Waals surface area contributed by atoms with Crippen LogP contribution in [0.2, 0.25) is 0 Å². The van der Waals surface area contributed by atoms with Crippen molar-refractivity contribution in [3.63, 3.8) is 0 Å². The molecule has 0 aliphatic carbocycles. The third kappa shape index (κ3) is 5.68. The van der Waals surface area contributed by atoms with Gasteiger partial charge in [0.05, 0.1) is 31.1 Å². The van der Waals surface area contributed by atoms with Crippen LogP contribution in [0.5, 0.6) is 0 Å². The minimum Gasteiger partial charge on any atom is -0.399 e. The van der Waals surface area contributed by atoms with Crippen molar-refractivity contribution < 1.29 is 9.47 Å². The van der Waals surface area contributed by atoms with E-state index in [-0.39, 0.29) is 5.60 Å². The Morgan fingerprint density at radius 1 is 1.31 bits per heavy atom. The van der Waals surface area contributed by atoms with Gasteiger partial charge < -0.3 is 15.2 Å². The van der Waals surface area contributed by atoms with E-state index in [4.69, 9.17) is 15.2 Å². The largest absolute Gasteiger partial charge is 0.399 e. The second-order valence-electron chi connectivity index (χ2n) is 4.59. The highest BCUT2D eigenvalue weighted by atomic mass is 16.5. The molecular weight excluding hydrogens is 204 g/mol. The normalized spacial score (nSPS) is 11.7. The zero-order chi connectivity index (χ0) is 12.0. The molecule has 0 spiro atoms. The zero-order valence-electron chi connectivity index (χ0n) is 10.2. The number of ether oxygens (including phenoxy) is 2. The van der Waals surface area contributed by atoms with Gasteiger partial charge >= 0.3 is 0 Å². The maximum atomic E-state index is 5.63. The van der Waals surface area contributed by atoms with E-state index >= 15 is 0 Å². The summed E-state index contributed by atoms with van der Waals surface area (Å²) in [5.74, 6) is 0. The fourth-order valence-corrected chi connectivity index (χ4v) is 1.16. The van der Waals surface area contributed by atoms with Gasteiger partial charge in [-0.1, -0.05) is 0 Å². The summed E-state index contributed by atoms with van der Waals surface area (Å²) in [5.41, 5.74) is 7.06. The van der Waals surface area contributed by atoms with E-state index < -0.39 is 0 Å². The van der Waals surface area contributed by atoms with Gasteiger partial charge in [0.15, 0.2) is 0 Å². The lowest BCUT2D eigenvalue weighted by molar-refractivity contribution is -0.0380. The molecule has 1 rings (SSSR count). The third-order valence-electron chi connectivity index (χ3n) is 1.85. The molecule has 0 radical (unpaired) electrons. The summed E-state index contributed by atoms with van der Waals surface area (Å²) < 4.78 is 10.9. The van der Waals surface area contributed by atoms with Crippen molar-refractivity contribution in [1.29, 1.82) is 0 Å². The lowest BCUT2D eigenvalue weighted by Gasteiger charge is -2.19. The van der Waals surface area contributed by atoms with Crippen molar-refractivity contribution >= 4 is 5.69 Å². The molecule has 0 saturated carbocycles. The first-order chi connectivity index (χ1) is 7.47. The number of rotatable bonds is 5. The van der Waals surface area contributed by atoms with E-state index in [2.05, 4.69) is 4.98 Å². The van der Waals surface area contributed by atoms with Gasteiger partial charge in [-0.25, -0.2) is 0 Å². The topological polar surface area (TPSA) is 57.4 Å². The Bertz CT molecular complexity index is 321. The molecule has 0 saturated heterocycles. The summed E-state index contributed by atoms with van der Waals surface area (Å²) in [6.07, 6.45) is 1.68. The Hall–Kier alpha value is -1.13. The molecule has 1 aromatic heterocycles. The maximum absolute atomic E-state index is 5.63. The van der Waals surface area contributed by atoms with E-state index in [9.17, 15) is 0 Å². The molecule has 0 unspecified atom stereocenters. The molecule has 90 valence electrons. The van der Waals surface area contributed by atoms with Crippen LogP contribution >= 0.6 is 0 Å². The van der Waals surface area contributed by atoms with E-state index in [1.165, 1.54) is 0 Å². The molecule has 0 aliphatic heterocycles. The predicted molar refractivity (Wildman–Crippen MR) is 64.0 cm³/mol. The molecule has 0 atom stereocenters. The zero-order valence-corrected chi connectivity index (χ0v) is 10.2.